The number of fused-ring (bicyclic) bond motifs is 1. The predicted octanol–water partition coefficient (Wildman–Crippen LogP) is 6.61. The summed E-state index contributed by atoms with van der Waals surface area (Å²) >= 11 is 1.59. The third-order valence-corrected chi connectivity index (χ3v) is 5.56. The maximum atomic E-state index is 8.93. The van der Waals surface area contributed by atoms with Crippen LogP contribution in [0.2, 0.25) is 0 Å². The Labute approximate surface area is 172 Å². The highest BCUT2D eigenvalue weighted by molar-refractivity contribution is 7.19. The fourth-order valence-electron chi connectivity index (χ4n) is 3.12. The Morgan fingerprint density at radius 2 is 1.62 bits per heavy atom. The molecule has 29 heavy (non-hydrogen) atoms. The quantitative estimate of drug-likeness (QED) is 0.362. The zero-order valence-corrected chi connectivity index (χ0v) is 17.0. The molecule has 0 aliphatic heterocycles. The Morgan fingerprint density at radius 3 is 2.31 bits per heavy atom. The Kier molecular flexibility index (Phi) is 4.72. The molecule has 4 rings (SSSR count). The molecule has 0 saturated heterocycles. The van der Waals surface area contributed by atoms with Crippen LogP contribution in [0, 0.1) is 22.7 Å². The highest BCUT2D eigenvalue weighted by atomic mass is 32.1. The number of hydrogen-bond donors (Lipinski definition) is 0. The minimum atomic E-state index is 0.591. The summed E-state index contributed by atoms with van der Waals surface area (Å²) in [6.45, 7) is 3.53. The first-order chi connectivity index (χ1) is 14.0. The van der Waals surface area contributed by atoms with E-state index < -0.39 is 0 Å². The standard InChI is InChI=1S/C23H17N3O2S/c1-14(12-24)8-16-4-7-20(27-16)18-5-6-19(26(18)3)21-11-23-22(28-21)10-17(29-23)9-15(2)13-25/h4-11H,1-3H3/b14-8-,15-9-. The Morgan fingerprint density at radius 1 is 0.931 bits per heavy atom. The summed E-state index contributed by atoms with van der Waals surface area (Å²) in [5, 5.41) is 17.9. The van der Waals surface area contributed by atoms with Gasteiger partial charge in [0.05, 0.1) is 28.2 Å². The molecule has 0 atom stereocenters. The van der Waals surface area contributed by atoms with Gasteiger partial charge in [-0.25, -0.2) is 0 Å². The van der Waals surface area contributed by atoms with Crippen LogP contribution in [0.5, 0.6) is 0 Å². The second kappa shape index (κ2) is 7.35. The lowest BCUT2D eigenvalue weighted by Gasteiger charge is -2.03. The molecular formula is C23H17N3O2S. The summed E-state index contributed by atoms with van der Waals surface area (Å²) in [5.41, 5.74) is 3.92. The normalized spacial score (nSPS) is 12.3. The number of nitrogens with zero attached hydrogens (tertiary/aromatic N) is 3. The summed E-state index contributed by atoms with van der Waals surface area (Å²) in [6.07, 6.45) is 3.57. The van der Waals surface area contributed by atoms with Crippen molar-refractivity contribution in [1.29, 1.82) is 10.5 Å². The minimum absolute atomic E-state index is 0.591. The fourth-order valence-corrected chi connectivity index (χ4v) is 4.14. The van der Waals surface area contributed by atoms with E-state index in [2.05, 4.69) is 12.1 Å². The summed E-state index contributed by atoms with van der Waals surface area (Å²) in [5.74, 6) is 2.15. The van der Waals surface area contributed by atoms with Crippen LogP contribution in [0.3, 0.4) is 0 Å². The van der Waals surface area contributed by atoms with Crippen molar-refractivity contribution in [3.8, 4) is 35.0 Å². The molecule has 0 saturated carbocycles. The molecule has 0 spiro atoms. The van der Waals surface area contributed by atoms with Crippen molar-refractivity contribution >= 4 is 33.8 Å². The van der Waals surface area contributed by atoms with Gasteiger partial charge in [0.2, 0.25) is 0 Å². The van der Waals surface area contributed by atoms with Crippen LogP contribution in [0.1, 0.15) is 24.5 Å². The highest BCUT2D eigenvalue weighted by Gasteiger charge is 2.16. The van der Waals surface area contributed by atoms with Gasteiger partial charge in [0.1, 0.15) is 11.3 Å². The monoisotopic (exact) mass is 399 g/mol. The molecule has 0 unspecified atom stereocenters. The molecule has 4 heterocycles. The number of nitriles is 2. The third kappa shape index (κ3) is 3.54. The zero-order valence-electron chi connectivity index (χ0n) is 16.2. The number of thiophene rings is 1. The molecule has 5 nitrogen and oxygen atoms in total. The molecule has 0 bridgehead atoms. The van der Waals surface area contributed by atoms with Crippen molar-refractivity contribution in [2.24, 2.45) is 7.05 Å². The lowest BCUT2D eigenvalue weighted by atomic mass is 10.3. The summed E-state index contributed by atoms with van der Waals surface area (Å²) in [4.78, 5) is 1.00. The number of furan rings is 2. The van der Waals surface area contributed by atoms with Crippen molar-refractivity contribution in [2.45, 2.75) is 13.8 Å². The Balaban J connectivity index is 1.66. The van der Waals surface area contributed by atoms with E-state index in [0.717, 1.165) is 38.1 Å². The van der Waals surface area contributed by atoms with Gasteiger partial charge < -0.3 is 13.4 Å². The van der Waals surface area contributed by atoms with E-state index in [1.807, 2.05) is 54.1 Å². The molecule has 6 heteroatoms. The van der Waals surface area contributed by atoms with E-state index >= 15 is 0 Å². The molecule has 4 aromatic rings. The predicted molar refractivity (Wildman–Crippen MR) is 115 cm³/mol. The maximum Gasteiger partial charge on any atom is 0.152 e. The van der Waals surface area contributed by atoms with Gasteiger partial charge >= 0.3 is 0 Å². The highest BCUT2D eigenvalue weighted by Crippen LogP contribution is 2.36. The van der Waals surface area contributed by atoms with Gasteiger partial charge in [0.25, 0.3) is 0 Å². The van der Waals surface area contributed by atoms with Gasteiger partial charge in [-0.05, 0) is 56.3 Å². The number of hydrogen-bond acceptors (Lipinski definition) is 5. The SMILES string of the molecule is C/C(C#N)=C/c1ccc(-c2ccc(-c3cc4sc(/C=C(/C)C#N)cc4o3)n2C)o1. The van der Waals surface area contributed by atoms with Crippen molar-refractivity contribution in [1.82, 2.24) is 4.57 Å². The van der Waals surface area contributed by atoms with Gasteiger partial charge in [-0.3, -0.25) is 0 Å². The minimum Gasteiger partial charge on any atom is -0.455 e. The van der Waals surface area contributed by atoms with Crippen LogP contribution >= 0.6 is 11.3 Å². The molecule has 142 valence electrons. The number of aromatic nitrogens is 1. The van der Waals surface area contributed by atoms with Gasteiger partial charge in [0, 0.05) is 29.1 Å². The van der Waals surface area contributed by atoms with Crippen molar-refractivity contribution in [3.63, 3.8) is 0 Å². The van der Waals surface area contributed by atoms with Crippen LogP contribution in [0.25, 0.3) is 45.3 Å². The number of rotatable bonds is 4. The van der Waals surface area contributed by atoms with Crippen LogP contribution in [-0.2, 0) is 7.05 Å². The van der Waals surface area contributed by atoms with Gasteiger partial charge in [0.15, 0.2) is 11.5 Å². The van der Waals surface area contributed by atoms with E-state index in [9.17, 15) is 0 Å². The topological polar surface area (TPSA) is 78.8 Å². The first-order valence-electron chi connectivity index (χ1n) is 8.95. The molecule has 0 radical (unpaired) electrons. The van der Waals surface area contributed by atoms with Crippen LogP contribution in [0.15, 0.2) is 56.4 Å². The lowest BCUT2D eigenvalue weighted by Crippen LogP contribution is -1.92. The molecule has 0 fully saturated rings. The molecular weight excluding hydrogens is 382 g/mol. The lowest BCUT2D eigenvalue weighted by molar-refractivity contribution is 0.566. The van der Waals surface area contributed by atoms with Crippen LogP contribution < -0.4 is 0 Å². The van der Waals surface area contributed by atoms with Crippen molar-refractivity contribution < 1.29 is 8.83 Å². The number of allylic oxidation sites excluding steroid dienone is 2. The summed E-state index contributed by atoms with van der Waals surface area (Å²) < 4.78 is 15.0. The van der Waals surface area contributed by atoms with Crippen LogP contribution in [0.4, 0.5) is 0 Å². The largest absolute Gasteiger partial charge is 0.455 e. The molecule has 0 aromatic carbocycles. The fraction of sp³-hybridized carbons (Fsp3) is 0.130. The van der Waals surface area contributed by atoms with E-state index in [0.29, 0.717) is 16.9 Å². The molecule has 0 aliphatic rings. The Bertz CT molecular complexity index is 1330. The first-order valence-corrected chi connectivity index (χ1v) is 9.76. The Hall–Kier alpha value is -3.74. The van der Waals surface area contributed by atoms with Crippen LogP contribution in [-0.4, -0.2) is 4.57 Å². The van der Waals surface area contributed by atoms with Gasteiger partial charge in [-0.2, -0.15) is 10.5 Å². The molecule has 4 aromatic heterocycles. The average molecular weight is 399 g/mol. The van der Waals surface area contributed by atoms with Gasteiger partial charge in [-0.15, -0.1) is 11.3 Å². The van der Waals surface area contributed by atoms with E-state index in [1.54, 1.807) is 31.3 Å². The van der Waals surface area contributed by atoms with E-state index in [1.165, 1.54) is 0 Å². The van der Waals surface area contributed by atoms with Crippen molar-refractivity contribution in [3.05, 3.63) is 58.2 Å². The van der Waals surface area contributed by atoms with Gasteiger partial charge in [-0.1, -0.05) is 0 Å². The molecule has 0 aliphatic carbocycles. The molecule has 0 N–H and O–H groups in total. The van der Waals surface area contributed by atoms with E-state index in [-0.39, 0.29) is 0 Å². The van der Waals surface area contributed by atoms with E-state index in [4.69, 9.17) is 19.4 Å². The second-order valence-corrected chi connectivity index (χ2v) is 7.85. The summed E-state index contributed by atoms with van der Waals surface area (Å²) in [7, 11) is 1.96. The first kappa shape index (κ1) is 18.6. The summed E-state index contributed by atoms with van der Waals surface area (Å²) in [6, 6.07) is 15.9. The third-order valence-electron chi connectivity index (χ3n) is 4.55. The smallest absolute Gasteiger partial charge is 0.152 e. The second-order valence-electron chi connectivity index (χ2n) is 6.73. The maximum absolute atomic E-state index is 8.93. The molecule has 0 amide bonds. The average Bonchev–Trinajstić information content (AvgIpc) is 3.45. The zero-order chi connectivity index (χ0) is 20.5. The van der Waals surface area contributed by atoms with Crippen molar-refractivity contribution in [2.75, 3.05) is 0 Å².